The van der Waals surface area contributed by atoms with E-state index in [0.717, 1.165) is 25.7 Å². The van der Waals surface area contributed by atoms with Crippen molar-refractivity contribution >= 4 is 0 Å². The Kier molecular flexibility index (Phi) is 2.75. The molecule has 1 saturated carbocycles. The SMILES string of the molecule is CCCCn1ccn(C2CC2)c(=O)c1=O. The molecule has 1 aromatic heterocycles. The zero-order chi connectivity index (χ0) is 10.8. The molecule has 0 saturated heterocycles. The van der Waals surface area contributed by atoms with E-state index < -0.39 is 0 Å². The van der Waals surface area contributed by atoms with Crippen LogP contribution < -0.4 is 11.1 Å². The number of hydrogen-bond acceptors (Lipinski definition) is 2. The summed E-state index contributed by atoms with van der Waals surface area (Å²) in [6.07, 6.45) is 7.50. The van der Waals surface area contributed by atoms with Gasteiger partial charge < -0.3 is 9.13 Å². The van der Waals surface area contributed by atoms with Crippen molar-refractivity contribution in [3.63, 3.8) is 0 Å². The first kappa shape index (κ1) is 10.2. The van der Waals surface area contributed by atoms with Crippen molar-refractivity contribution in [3.8, 4) is 0 Å². The van der Waals surface area contributed by atoms with Crippen LogP contribution in [0.15, 0.2) is 22.0 Å². The molecule has 0 spiro atoms. The molecule has 0 amide bonds. The highest BCUT2D eigenvalue weighted by Crippen LogP contribution is 2.32. The van der Waals surface area contributed by atoms with Gasteiger partial charge in [0, 0.05) is 25.0 Å². The Hall–Kier alpha value is -1.32. The molecular formula is C11H16N2O2. The molecule has 82 valence electrons. The van der Waals surface area contributed by atoms with Crippen molar-refractivity contribution in [3.05, 3.63) is 33.1 Å². The third kappa shape index (κ3) is 2.03. The third-order valence-corrected chi connectivity index (χ3v) is 2.78. The van der Waals surface area contributed by atoms with Gasteiger partial charge in [0.15, 0.2) is 0 Å². The van der Waals surface area contributed by atoms with Crippen LogP contribution in [-0.4, -0.2) is 9.13 Å². The quantitative estimate of drug-likeness (QED) is 0.696. The van der Waals surface area contributed by atoms with E-state index in [1.165, 1.54) is 4.57 Å². The molecule has 0 atom stereocenters. The summed E-state index contributed by atoms with van der Waals surface area (Å²) in [7, 11) is 0. The lowest BCUT2D eigenvalue weighted by atomic mass is 10.3. The molecule has 0 aliphatic heterocycles. The Morgan fingerprint density at radius 1 is 1.27 bits per heavy atom. The van der Waals surface area contributed by atoms with Crippen molar-refractivity contribution in [2.24, 2.45) is 0 Å². The molecule has 1 aromatic rings. The lowest BCUT2D eigenvalue weighted by Gasteiger charge is -2.06. The Morgan fingerprint density at radius 3 is 2.60 bits per heavy atom. The maximum atomic E-state index is 11.7. The number of nitrogens with zero attached hydrogens (tertiary/aromatic N) is 2. The highest BCUT2D eigenvalue weighted by Gasteiger charge is 2.25. The second kappa shape index (κ2) is 4.04. The molecule has 0 radical (unpaired) electrons. The van der Waals surface area contributed by atoms with Crippen LogP contribution in [0.5, 0.6) is 0 Å². The van der Waals surface area contributed by atoms with E-state index in [4.69, 9.17) is 0 Å². The molecule has 1 fully saturated rings. The number of aryl methyl sites for hydroxylation is 1. The van der Waals surface area contributed by atoms with Gasteiger partial charge in [-0.2, -0.15) is 0 Å². The average molecular weight is 208 g/mol. The number of aromatic nitrogens is 2. The number of unbranched alkanes of at least 4 members (excludes halogenated alkanes) is 1. The van der Waals surface area contributed by atoms with Gasteiger partial charge in [-0.15, -0.1) is 0 Å². The van der Waals surface area contributed by atoms with E-state index in [1.54, 1.807) is 17.0 Å². The van der Waals surface area contributed by atoms with Crippen molar-refractivity contribution in [1.29, 1.82) is 0 Å². The average Bonchev–Trinajstić information content (AvgIpc) is 3.04. The van der Waals surface area contributed by atoms with E-state index in [1.807, 2.05) is 0 Å². The van der Waals surface area contributed by atoms with Gasteiger partial charge in [0.05, 0.1) is 0 Å². The van der Waals surface area contributed by atoms with Crippen LogP contribution in [-0.2, 0) is 6.54 Å². The van der Waals surface area contributed by atoms with Gasteiger partial charge in [0.25, 0.3) is 0 Å². The molecule has 4 nitrogen and oxygen atoms in total. The van der Waals surface area contributed by atoms with Crippen molar-refractivity contribution < 1.29 is 0 Å². The summed E-state index contributed by atoms with van der Waals surface area (Å²) < 4.78 is 3.09. The van der Waals surface area contributed by atoms with Crippen LogP contribution in [0.3, 0.4) is 0 Å². The van der Waals surface area contributed by atoms with Gasteiger partial charge in [0.1, 0.15) is 0 Å². The van der Waals surface area contributed by atoms with E-state index in [0.29, 0.717) is 6.54 Å². The summed E-state index contributed by atoms with van der Waals surface area (Å²) in [5, 5.41) is 0. The summed E-state index contributed by atoms with van der Waals surface area (Å²) in [5.41, 5.74) is -0.742. The van der Waals surface area contributed by atoms with Crippen molar-refractivity contribution in [1.82, 2.24) is 9.13 Å². The first-order valence-corrected chi connectivity index (χ1v) is 5.55. The maximum absolute atomic E-state index is 11.7. The highest BCUT2D eigenvalue weighted by atomic mass is 16.2. The second-order valence-corrected chi connectivity index (χ2v) is 4.09. The maximum Gasteiger partial charge on any atom is 0.316 e. The van der Waals surface area contributed by atoms with Crippen molar-refractivity contribution in [2.45, 2.75) is 45.2 Å². The summed E-state index contributed by atoms with van der Waals surface area (Å²) in [5.74, 6) is 0. The molecule has 4 heteroatoms. The number of hydrogen-bond donors (Lipinski definition) is 0. The fourth-order valence-corrected chi connectivity index (χ4v) is 1.67. The molecule has 0 aromatic carbocycles. The zero-order valence-corrected chi connectivity index (χ0v) is 8.98. The van der Waals surface area contributed by atoms with E-state index in [9.17, 15) is 9.59 Å². The number of rotatable bonds is 4. The standard InChI is InChI=1S/C11H16N2O2/c1-2-3-6-12-7-8-13(9-4-5-9)11(15)10(12)14/h7-9H,2-6H2,1H3. The summed E-state index contributed by atoms with van der Waals surface area (Å²) >= 11 is 0. The van der Waals surface area contributed by atoms with Gasteiger partial charge in [-0.05, 0) is 19.3 Å². The lowest BCUT2D eigenvalue weighted by Crippen LogP contribution is -2.40. The van der Waals surface area contributed by atoms with E-state index >= 15 is 0 Å². The predicted molar refractivity (Wildman–Crippen MR) is 58.1 cm³/mol. The molecule has 1 aliphatic carbocycles. The molecule has 0 N–H and O–H groups in total. The molecule has 2 rings (SSSR count). The second-order valence-electron chi connectivity index (χ2n) is 4.09. The van der Waals surface area contributed by atoms with Crippen LogP contribution in [0.2, 0.25) is 0 Å². The fraction of sp³-hybridized carbons (Fsp3) is 0.636. The smallest absolute Gasteiger partial charge is 0.309 e. The van der Waals surface area contributed by atoms with Crippen LogP contribution in [0.1, 0.15) is 38.6 Å². The predicted octanol–water partition coefficient (Wildman–Crippen LogP) is 1.14. The minimum absolute atomic E-state index is 0.283. The Balaban J connectivity index is 2.31. The summed E-state index contributed by atoms with van der Waals surface area (Å²) in [4.78, 5) is 23.3. The van der Waals surface area contributed by atoms with Gasteiger partial charge >= 0.3 is 11.1 Å². The van der Waals surface area contributed by atoms with Gasteiger partial charge in [-0.3, -0.25) is 9.59 Å². The summed E-state index contributed by atoms with van der Waals surface area (Å²) in [6.45, 7) is 2.71. The van der Waals surface area contributed by atoms with Crippen LogP contribution >= 0.6 is 0 Å². The van der Waals surface area contributed by atoms with Crippen LogP contribution in [0, 0.1) is 0 Å². The molecule has 1 aliphatic rings. The van der Waals surface area contributed by atoms with Crippen LogP contribution in [0.25, 0.3) is 0 Å². The Morgan fingerprint density at radius 2 is 2.00 bits per heavy atom. The van der Waals surface area contributed by atoms with Gasteiger partial charge in [0.2, 0.25) is 0 Å². The van der Waals surface area contributed by atoms with Gasteiger partial charge in [-0.25, -0.2) is 0 Å². The topological polar surface area (TPSA) is 44.0 Å². The molecule has 0 unspecified atom stereocenters. The first-order chi connectivity index (χ1) is 7.24. The first-order valence-electron chi connectivity index (χ1n) is 5.55. The Bertz CT molecular complexity index is 454. The van der Waals surface area contributed by atoms with Crippen molar-refractivity contribution in [2.75, 3.05) is 0 Å². The zero-order valence-electron chi connectivity index (χ0n) is 8.98. The van der Waals surface area contributed by atoms with Crippen LogP contribution in [0.4, 0.5) is 0 Å². The molecule has 1 heterocycles. The highest BCUT2D eigenvalue weighted by molar-refractivity contribution is 4.93. The normalized spacial score (nSPS) is 15.5. The fourth-order valence-electron chi connectivity index (χ4n) is 1.67. The third-order valence-electron chi connectivity index (χ3n) is 2.78. The minimum Gasteiger partial charge on any atom is -0.309 e. The largest absolute Gasteiger partial charge is 0.316 e. The van der Waals surface area contributed by atoms with Gasteiger partial charge in [-0.1, -0.05) is 13.3 Å². The molecule has 0 bridgehead atoms. The minimum atomic E-state index is -0.377. The Labute approximate surface area is 88.2 Å². The van der Waals surface area contributed by atoms with E-state index in [2.05, 4.69) is 6.92 Å². The molecule has 15 heavy (non-hydrogen) atoms. The molecular weight excluding hydrogens is 192 g/mol. The monoisotopic (exact) mass is 208 g/mol. The van der Waals surface area contributed by atoms with E-state index in [-0.39, 0.29) is 17.2 Å². The lowest BCUT2D eigenvalue weighted by molar-refractivity contribution is 0.578. The summed E-state index contributed by atoms with van der Waals surface area (Å²) in [6, 6.07) is 0.283.